The molecule has 0 fully saturated rings. The molecular formula is C18H21FN2O5. The number of hydrogen-bond donors (Lipinski definition) is 1. The second kappa shape index (κ2) is 6.78. The highest BCUT2D eigenvalue weighted by atomic mass is 19.1. The fourth-order valence-corrected chi connectivity index (χ4v) is 2.52. The molecule has 1 N–H and O–H groups in total. The fourth-order valence-electron chi connectivity index (χ4n) is 2.52. The van der Waals surface area contributed by atoms with Crippen molar-refractivity contribution in [2.75, 3.05) is 11.5 Å². The Bertz CT molecular complexity index is 1080. The number of carboxylic acid groups (broad SMARTS) is 1. The standard InChI is InChI=1S/C18H21FN2O5/c1-6-20(17(25)26-18(3,4)5)21-10(2)13(16(23)24)11-8-7-9-12(19)14(11)15(21)22/h7-9H,6H2,1-5H3,(H,23,24)/i1D2,6D2. The molecule has 1 amide bonds. The third kappa shape index (κ3) is 3.40. The van der Waals surface area contributed by atoms with Crippen molar-refractivity contribution in [2.45, 2.75) is 40.2 Å². The lowest BCUT2D eigenvalue weighted by Gasteiger charge is -2.29. The monoisotopic (exact) mass is 368 g/mol. The second-order valence-corrected chi connectivity index (χ2v) is 6.47. The van der Waals surface area contributed by atoms with E-state index >= 15 is 0 Å². The van der Waals surface area contributed by atoms with Crippen LogP contribution in [-0.2, 0) is 4.74 Å². The number of aromatic nitrogens is 1. The first kappa shape index (κ1) is 14.3. The molecule has 1 aromatic heterocycles. The van der Waals surface area contributed by atoms with Gasteiger partial charge in [0.1, 0.15) is 11.4 Å². The van der Waals surface area contributed by atoms with Gasteiger partial charge >= 0.3 is 12.1 Å². The molecule has 0 aliphatic heterocycles. The van der Waals surface area contributed by atoms with E-state index in [4.69, 9.17) is 10.2 Å². The molecule has 0 unspecified atom stereocenters. The number of pyridine rings is 1. The van der Waals surface area contributed by atoms with Crippen LogP contribution in [0.25, 0.3) is 10.8 Å². The Morgan fingerprint density at radius 1 is 1.42 bits per heavy atom. The molecule has 2 rings (SSSR count). The number of halogens is 1. The number of rotatable bonds is 3. The lowest BCUT2D eigenvalue weighted by atomic mass is 10.0. The maximum absolute atomic E-state index is 14.5. The number of fused-ring (bicyclic) bond motifs is 1. The van der Waals surface area contributed by atoms with Gasteiger partial charge in [0.15, 0.2) is 0 Å². The van der Waals surface area contributed by atoms with E-state index in [0.717, 1.165) is 13.0 Å². The predicted molar refractivity (Wildman–Crippen MR) is 94.9 cm³/mol. The van der Waals surface area contributed by atoms with Crippen molar-refractivity contribution in [2.24, 2.45) is 0 Å². The lowest BCUT2D eigenvalue weighted by molar-refractivity contribution is 0.0534. The van der Waals surface area contributed by atoms with E-state index < -0.39 is 59.1 Å². The number of aromatic carboxylic acids is 1. The van der Waals surface area contributed by atoms with Gasteiger partial charge in [-0.05, 0) is 40.6 Å². The van der Waals surface area contributed by atoms with Crippen LogP contribution in [0.15, 0.2) is 23.0 Å². The summed E-state index contributed by atoms with van der Waals surface area (Å²) in [7, 11) is 0. The van der Waals surface area contributed by atoms with E-state index in [0.29, 0.717) is 4.68 Å². The first-order valence-electron chi connectivity index (χ1n) is 9.72. The molecule has 0 saturated carbocycles. The quantitative estimate of drug-likeness (QED) is 0.899. The summed E-state index contributed by atoms with van der Waals surface area (Å²) in [6.07, 6.45) is -1.45. The van der Waals surface area contributed by atoms with Crippen LogP contribution in [0.1, 0.15) is 49.2 Å². The van der Waals surface area contributed by atoms with Gasteiger partial charge in [0.05, 0.1) is 19.4 Å². The van der Waals surface area contributed by atoms with E-state index in [-0.39, 0.29) is 10.4 Å². The number of nitrogens with zero attached hydrogens (tertiary/aromatic N) is 2. The van der Waals surface area contributed by atoms with E-state index in [1.54, 1.807) is 0 Å². The summed E-state index contributed by atoms with van der Waals surface area (Å²) in [6.45, 7) is 0.0830. The van der Waals surface area contributed by atoms with Crippen LogP contribution in [0.5, 0.6) is 0 Å². The molecular weight excluding hydrogens is 343 g/mol. The molecule has 0 radical (unpaired) electrons. The highest BCUT2D eigenvalue weighted by Crippen LogP contribution is 2.22. The van der Waals surface area contributed by atoms with Gasteiger partial charge in [-0.2, -0.15) is 0 Å². The van der Waals surface area contributed by atoms with Gasteiger partial charge < -0.3 is 9.84 Å². The number of carbonyl (C=O) groups is 2. The summed E-state index contributed by atoms with van der Waals surface area (Å²) >= 11 is 0. The minimum absolute atomic E-state index is 0.0545. The number of hydrogen-bond acceptors (Lipinski definition) is 4. The second-order valence-electron chi connectivity index (χ2n) is 6.47. The summed E-state index contributed by atoms with van der Waals surface area (Å²) in [5.41, 5.74) is -3.33. The summed E-state index contributed by atoms with van der Waals surface area (Å²) in [4.78, 5) is 37.8. The molecule has 1 aromatic carbocycles. The van der Waals surface area contributed by atoms with Crippen molar-refractivity contribution in [3.63, 3.8) is 0 Å². The first-order valence-corrected chi connectivity index (χ1v) is 7.56. The molecule has 7 nitrogen and oxygen atoms in total. The van der Waals surface area contributed by atoms with Gasteiger partial charge in [-0.3, -0.25) is 4.79 Å². The van der Waals surface area contributed by atoms with Crippen molar-refractivity contribution in [3.8, 4) is 0 Å². The zero-order chi connectivity index (χ0) is 23.2. The van der Waals surface area contributed by atoms with Crippen LogP contribution >= 0.6 is 0 Å². The van der Waals surface area contributed by atoms with Crippen LogP contribution in [0.3, 0.4) is 0 Å². The minimum atomic E-state index is -3.13. The number of amides is 1. The average molecular weight is 368 g/mol. The van der Waals surface area contributed by atoms with Crippen molar-refractivity contribution >= 4 is 22.8 Å². The smallest absolute Gasteiger partial charge is 0.429 e. The molecule has 1 heterocycles. The molecule has 0 aliphatic carbocycles. The number of carbonyl (C=O) groups excluding carboxylic acids is 1. The van der Waals surface area contributed by atoms with Crippen LogP contribution < -0.4 is 10.6 Å². The molecule has 0 aliphatic rings. The molecule has 0 bridgehead atoms. The molecule has 26 heavy (non-hydrogen) atoms. The van der Waals surface area contributed by atoms with Gasteiger partial charge in [0.2, 0.25) is 0 Å². The molecule has 0 saturated heterocycles. The van der Waals surface area contributed by atoms with Gasteiger partial charge in [0, 0.05) is 14.6 Å². The van der Waals surface area contributed by atoms with Crippen LogP contribution in [-0.4, -0.2) is 33.9 Å². The third-order valence-electron chi connectivity index (χ3n) is 3.47. The SMILES string of the molecule is [2H]C([2H])C([2H])([2H])N(C(=O)OC(C)(C)C)n1c(C)c(C(=O)O)c2cccc(F)c2c1=O. The fraction of sp³-hybridized carbons (Fsp3) is 0.389. The normalized spacial score (nSPS) is 14.4. The Kier molecular flexibility index (Phi) is 3.72. The zero-order valence-corrected chi connectivity index (χ0v) is 14.7. The van der Waals surface area contributed by atoms with Crippen molar-refractivity contribution in [3.05, 3.63) is 45.6 Å². The van der Waals surface area contributed by atoms with Gasteiger partial charge in [-0.15, -0.1) is 0 Å². The Labute approximate surface area is 155 Å². The van der Waals surface area contributed by atoms with Crippen LogP contribution in [0.2, 0.25) is 0 Å². The largest absolute Gasteiger partial charge is 0.478 e. The molecule has 8 heteroatoms. The average Bonchev–Trinajstić information content (AvgIpc) is 2.55. The van der Waals surface area contributed by atoms with E-state index in [1.807, 2.05) is 0 Å². The Morgan fingerprint density at radius 2 is 2.08 bits per heavy atom. The summed E-state index contributed by atoms with van der Waals surface area (Å²) in [5.74, 6) is -2.62. The number of carboxylic acids is 1. The Hall–Kier alpha value is -2.90. The van der Waals surface area contributed by atoms with E-state index in [1.165, 1.54) is 32.9 Å². The maximum Gasteiger partial charge on any atom is 0.429 e. The van der Waals surface area contributed by atoms with Crippen LogP contribution in [0.4, 0.5) is 9.18 Å². The highest BCUT2D eigenvalue weighted by molar-refractivity contribution is 6.04. The van der Waals surface area contributed by atoms with E-state index in [2.05, 4.69) is 0 Å². The summed E-state index contributed by atoms with van der Waals surface area (Å²) in [6, 6.07) is 3.34. The van der Waals surface area contributed by atoms with Gasteiger partial charge in [-0.1, -0.05) is 12.1 Å². The Balaban J connectivity index is 3.03. The third-order valence-corrected chi connectivity index (χ3v) is 3.47. The number of benzene rings is 1. The van der Waals surface area contributed by atoms with Crippen molar-refractivity contribution in [1.82, 2.24) is 4.68 Å². The van der Waals surface area contributed by atoms with Crippen molar-refractivity contribution in [1.29, 1.82) is 0 Å². The lowest BCUT2D eigenvalue weighted by Crippen LogP contribution is -2.50. The zero-order valence-electron chi connectivity index (χ0n) is 18.7. The molecule has 0 spiro atoms. The summed E-state index contributed by atoms with van der Waals surface area (Å²) in [5, 5.41) is 8.78. The van der Waals surface area contributed by atoms with Gasteiger partial charge in [-0.25, -0.2) is 23.7 Å². The molecule has 2 aromatic rings. The maximum atomic E-state index is 14.5. The first-order chi connectivity index (χ1) is 13.6. The minimum Gasteiger partial charge on any atom is -0.478 e. The predicted octanol–water partition coefficient (Wildman–Crippen LogP) is 3.04. The molecule has 140 valence electrons. The van der Waals surface area contributed by atoms with Crippen molar-refractivity contribution < 1.29 is 29.3 Å². The van der Waals surface area contributed by atoms with Gasteiger partial charge in [0.25, 0.3) is 5.56 Å². The van der Waals surface area contributed by atoms with Crippen LogP contribution in [0, 0.1) is 12.7 Å². The van der Waals surface area contributed by atoms with E-state index in [9.17, 15) is 23.9 Å². The number of ether oxygens (including phenoxy) is 1. The summed E-state index contributed by atoms with van der Waals surface area (Å²) < 4.78 is 51.1. The molecule has 0 atom stereocenters. The Morgan fingerprint density at radius 3 is 2.62 bits per heavy atom. The highest BCUT2D eigenvalue weighted by Gasteiger charge is 2.28. The topological polar surface area (TPSA) is 88.8 Å².